The number of carbonyl (C=O) groups is 2. The third kappa shape index (κ3) is 9.14. The molecule has 0 spiro atoms. The minimum atomic E-state index is -0.147. The van der Waals surface area contributed by atoms with Gasteiger partial charge in [-0.1, -0.05) is 59.4 Å². The van der Waals surface area contributed by atoms with Crippen molar-refractivity contribution in [3.8, 4) is 0 Å². The first-order valence-electron chi connectivity index (χ1n) is 13.4. The van der Waals surface area contributed by atoms with Crippen LogP contribution >= 0.6 is 0 Å². The van der Waals surface area contributed by atoms with Crippen molar-refractivity contribution in [2.24, 2.45) is 28.7 Å². The van der Waals surface area contributed by atoms with E-state index in [1.54, 1.807) is 12.1 Å². The molecular weight excluding hydrogens is 463 g/mol. The van der Waals surface area contributed by atoms with Crippen LogP contribution in [0.15, 0.2) is 53.2 Å². The van der Waals surface area contributed by atoms with Crippen LogP contribution in [0.5, 0.6) is 0 Å². The summed E-state index contributed by atoms with van der Waals surface area (Å²) in [4.78, 5) is 26.7. The Morgan fingerprint density at radius 2 is 1.78 bits per heavy atom. The number of allylic oxidation sites excluding steroid dienone is 3. The molecule has 2 fully saturated rings. The van der Waals surface area contributed by atoms with Gasteiger partial charge in [0.05, 0.1) is 0 Å². The largest absolute Gasteiger partial charge is 0.307 e. The lowest BCUT2D eigenvalue weighted by Gasteiger charge is -2.33. The number of Topliss-reactive ketones (excluding diaryl/α,β-unsaturated/α-hetero) is 1. The second-order valence-electron chi connectivity index (χ2n) is 10.7. The minimum absolute atomic E-state index is 0. The number of likely N-dealkylation sites (N-methyl/N-ethyl adjacent to an activating group) is 1. The van der Waals surface area contributed by atoms with Crippen LogP contribution in [0.4, 0.5) is 4.39 Å². The van der Waals surface area contributed by atoms with Gasteiger partial charge in [0.1, 0.15) is 18.4 Å². The summed E-state index contributed by atoms with van der Waals surface area (Å²) in [6.07, 6.45) is 11.5. The number of benzene rings is 1. The molecule has 2 saturated carbocycles. The third-order valence-electron chi connectivity index (χ3n) is 8.04. The van der Waals surface area contributed by atoms with Gasteiger partial charge in [0.15, 0.2) is 0 Å². The zero-order valence-electron chi connectivity index (χ0n) is 22.9. The lowest BCUT2D eigenvalue weighted by atomic mass is 9.74. The number of nitrogens with zero attached hydrogens (tertiary/aromatic N) is 2. The molecule has 6 atom stereocenters. The maximum Gasteiger partial charge on any atom is 0.132 e. The van der Waals surface area contributed by atoms with E-state index in [2.05, 4.69) is 45.6 Å². The van der Waals surface area contributed by atoms with Gasteiger partial charge >= 0.3 is 0 Å². The number of carbonyl (C=O) groups excluding carboxylic acids is 2. The first-order valence-corrected chi connectivity index (χ1v) is 13.4. The molecule has 4 rings (SSSR count). The first kappa shape index (κ1) is 32.6. The van der Waals surface area contributed by atoms with Crippen LogP contribution in [0.1, 0.15) is 84.6 Å². The van der Waals surface area contributed by atoms with Crippen molar-refractivity contribution in [1.29, 1.82) is 0 Å². The summed E-state index contributed by atoms with van der Waals surface area (Å²) in [7, 11) is 4.18. The summed E-state index contributed by atoms with van der Waals surface area (Å²) in [5.74, 6) is 2.96. The van der Waals surface area contributed by atoms with Crippen molar-refractivity contribution in [1.82, 2.24) is 4.90 Å². The summed E-state index contributed by atoms with van der Waals surface area (Å²) >= 11 is 0. The monoisotopic (exact) mass is 512 g/mol. The van der Waals surface area contributed by atoms with Gasteiger partial charge in [-0.05, 0) is 80.8 Å². The highest BCUT2D eigenvalue weighted by atomic mass is 19.1. The molecule has 5 heteroatoms. The molecular formula is C32H49FN2O2. The van der Waals surface area contributed by atoms with E-state index in [0.717, 1.165) is 12.8 Å². The molecule has 0 radical (unpaired) electrons. The Morgan fingerprint density at radius 3 is 2.32 bits per heavy atom. The molecule has 1 aromatic rings. The van der Waals surface area contributed by atoms with E-state index >= 15 is 0 Å². The van der Waals surface area contributed by atoms with E-state index in [-0.39, 0.29) is 13.2 Å². The second kappa shape index (κ2) is 15.8. The Kier molecular flexibility index (Phi) is 13.9. The average molecular weight is 513 g/mol. The van der Waals surface area contributed by atoms with E-state index < -0.39 is 0 Å². The molecule has 1 aromatic carbocycles. The fourth-order valence-electron chi connectivity index (χ4n) is 5.56. The lowest BCUT2D eigenvalue weighted by Crippen LogP contribution is -2.24. The molecule has 0 amide bonds. The predicted octanol–water partition coefficient (Wildman–Crippen LogP) is 7.65. The minimum Gasteiger partial charge on any atom is -0.307 e. The highest BCUT2D eigenvalue weighted by Gasteiger charge is 2.39. The summed E-state index contributed by atoms with van der Waals surface area (Å²) in [5.41, 5.74) is 3.85. The zero-order chi connectivity index (χ0) is 26.8. The number of halogens is 1. The summed E-state index contributed by atoms with van der Waals surface area (Å²) in [6, 6.07) is 7.53. The third-order valence-corrected chi connectivity index (χ3v) is 8.04. The molecule has 4 nitrogen and oxygen atoms in total. The Hall–Kier alpha value is -2.40. The second-order valence-corrected chi connectivity index (χ2v) is 10.7. The van der Waals surface area contributed by atoms with Gasteiger partial charge in [0, 0.05) is 42.6 Å². The summed E-state index contributed by atoms with van der Waals surface area (Å²) in [6.45, 7) is 12.5. The number of hydrogen-bond donors (Lipinski definition) is 0. The van der Waals surface area contributed by atoms with Crippen LogP contribution in [0.3, 0.4) is 0 Å². The van der Waals surface area contributed by atoms with Crippen molar-refractivity contribution in [2.75, 3.05) is 14.1 Å². The van der Waals surface area contributed by atoms with Crippen LogP contribution in [-0.2, 0) is 9.59 Å². The van der Waals surface area contributed by atoms with E-state index in [1.807, 2.05) is 31.9 Å². The van der Waals surface area contributed by atoms with Crippen LogP contribution in [0.25, 0.3) is 0 Å². The molecule has 1 aliphatic heterocycles. The van der Waals surface area contributed by atoms with E-state index in [9.17, 15) is 9.18 Å². The van der Waals surface area contributed by atoms with Gasteiger partial charge in [-0.25, -0.2) is 4.39 Å². The van der Waals surface area contributed by atoms with Gasteiger partial charge in [0.2, 0.25) is 0 Å². The Balaban J connectivity index is 0.000000368. The topological polar surface area (TPSA) is 49.7 Å². The predicted molar refractivity (Wildman–Crippen MR) is 154 cm³/mol. The Labute approximate surface area is 225 Å². The highest BCUT2D eigenvalue weighted by Crippen LogP contribution is 2.43. The zero-order valence-corrected chi connectivity index (χ0v) is 22.9. The van der Waals surface area contributed by atoms with E-state index in [4.69, 9.17) is 9.79 Å². The number of rotatable bonds is 7. The lowest BCUT2D eigenvalue weighted by molar-refractivity contribution is -0.120. The molecule has 3 aliphatic rings. The molecule has 0 saturated heterocycles. The van der Waals surface area contributed by atoms with Crippen LogP contribution in [0, 0.1) is 29.5 Å². The van der Waals surface area contributed by atoms with Crippen molar-refractivity contribution < 1.29 is 14.0 Å². The van der Waals surface area contributed by atoms with Crippen molar-refractivity contribution >= 4 is 18.8 Å². The van der Waals surface area contributed by atoms with Crippen molar-refractivity contribution in [3.05, 3.63) is 59.6 Å². The molecule has 0 aromatic heterocycles. The summed E-state index contributed by atoms with van der Waals surface area (Å²) in [5, 5.41) is 0. The molecule has 5 unspecified atom stereocenters. The Bertz CT molecular complexity index is 921. The molecule has 0 bridgehead atoms. The number of ketones is 1. The molecule has 1 heterocycles. The highest BCUT2D eigenvalue weighted by molar-refractivity contribution is 5.78. The fraction of sp³-hybridized carbons (Fsp3) is 0.594. The maximum absolute atomic E-state index is 12.6. The SMILES string of the molecule is C.C=CC1=C(C2CCC[C@@H](CC(=O)CC)C2)N=CC(C)C1C.C=O.CN(C)C1CC1c1ccc(F)cc1. The summed E-state index contributed by atoms with van der Waals surface area (Å²) < 4.78 is 12.6. The standard InChI is InChI=1S/C19H29NO.C11H14FN.CH2O.CH4/c1-5-17(21)11-15-8-7-9-16(10-15)19-18(6-2)14(4)13(3)12-20-19;1-13(2)11-7-10(11)8-3-5-9(12)6-4-8;1-2;/h6,12-16H,2,5,7-11H2,1,3-4H3;3-6,10-11H,7H2,1-2H3;1H2;1H4/t13?,14?,15-,16?;;;/m1.../s1. The van der Waals surface area contributed by atoms with Crippen molar-refractivity contribution in [3.63, 3.8) is 0 Å². The quantitative estimate of drug-likeness (QED) is 0.377. The Morgan fingerprint density at radius 1 is 1.14 bits per heavy atom. The normalized spacial score (nSPS) is 28.2. The van der Waals surface area contributed by atoms with Gasteiger partial charge in [-0.3, -0.25) is 9.79 Å². The first-order chi connectivity index (χ1) is 17.2. The van der Waals surface area contributed by atoms with Gasteiger partial charge < -0.3 is 9.69 Å². The molecule has 0 N–H and O–H groups in total. The maximum atomic E-state index is 12.6. The van der Waals surface area contributed by atoms with Crippen LogP contribution in [-0.4, -0.2) is 43.8 Å². The van der Waals surface area contributed by atoms with Gasteiger partial charge in [-0.2, -0.15) is 0 Å². The smallest absolute Gasteiger partial charge is 0.132 e. The molecule has 2 aliphatic carbocycles. The van der Waals surface area contributed by atoms with E-state index in [1.165, 1.54) is 42.5 Å². The number of hydrogen-bond acceptors (Lipinski definition) is 4. The molecule has 37 heavy (non-hydrogen) atoms. The average Bonchev–Trinajstić information content (AvgIpc) is 3.69. The fourth-order valence-corrected chi connectivity index (χ4v) is 5.56. The molecule has 206 valence electrons. The van der Waals surface area contributed by atoms with Crippen LogP contribution < -0.4 is 0 Å². The van der Waals surface area contributed by atoms with Crippen molar-refractivity contribution in [2.45, 2.75) is 85.1 Å². The van der Waals surface area contributed by atoms with Crippen LogP contribution in [0.2, 0.25) is 0 Å². The van der Waals surface area contributed by atoms with Gasteiger partial charge in [-0.15, -0.1) is 0 Å². The number of aliphatic imine (C=N–C) groups is 1. The van der Waals surface area contributed by atoms with Gasteiger partial charge in [0.25, 0.3) is 0 Å². The van der Waals surface area contributed by atoms with E-state index in [0.29, 0.717) is 47.8 Å².